The molecule has 1 amide bonds. The first kappa shape index (κ1) is 17.5. The van der Waals surface area contributed by atoms with Gasteiger partial charge in [-0.25, -0.2) is 4.79 Å². The summed E-state index contributed by atoms with van der Waals surface area (Å²) in [5.74, 6) is -0.228. The van der Waals surface area contributed by atoms with Crippen LogP contribution in [0.2, 0.25) is 0 Å². The molecule has 1 N–H and O–H groups in total. The molecule has 0 atom stereocenters. The Bertz CT molecular complexity index is 785. The third-order valence-electron chi connectivity index (χ3n) is 3.38. The fourth-order valence-corrected chi connectivity index (χ4v) is 2.12. The Balaban J connectivity index is 2.07. The Morgan fingerprint density at radius 3 is 2.29 bits per heavy atom. The smallest absolute Gasteiger partial charge is 0.336 e. The van der Waals surface area contributed by atoms with E-state index < -0.39 is 5.97 Å². The molecule has 0 spiro atoms. The molecule has 0 aliphatic rings. The van der Waals surface area contributed by atoms with E-state index in [4.69, 9.17) is 4.74 Å². The summed E-state index contributed by atoms with van der Waals surface area (Å²) in [7, 11) is 0. The number of esters is 1. The van der Waals surface area contributed by atoms with Gasteiger partial charge in [0.05, 0.1) is 0 Å². The normalized spacial score (nSPS) is 10.0. The van der Waals surface area contributed by atoms with Gasteiger partial charge in [-0.1, -0.05) is 17.7 Å². The summed E-state index contributed by atoms with van der Waals surface area (Å²) in [6.45, 7) is 7.56. The molecule has 0 aliphatic heterocycles. The first-order chi connectivity index (χ1) is 11.3. The zero-order valence-corrected chi connectivity index (χ0v) is 14.3. The minimum Gasteiger partial charge on any atom is -0.423 e. The van der Waals surface area contributed by atoms with Crippen LogP contribution in [-0.2, 0) is 4.79 Å². The number of anilines is 1. The van der Waals surface area contributed by atoms with E-state index in [0.29, 0.717) is 11.3 Å². The second-order valence-corrected chi connectivity index (χ2v) is 5.94. The highest BCUT2D eigenvalue weighted by atomic mass is 16.5. The van der Waals surface area contributed by atoms with E-state index in [1.54, 1.807) is 24.3 Å². The maximum Gasteiger partial charge on any atom is 0.336 e. The van der Waals surface area contributed by atoms with Crippen LogP contribution < -0.4 is 10.1 Å². The van der Waals surface area contributed by atoms with Crippen molar-refractivity contribution in [3.05, 3.63) is 70.8 Å². The second kappa shape index (κ2) is 7.59. The lowest BCUT2D eigenvalue weighted by Crippen LogP contribution is -2.13. The van der Waals surface area contributed by atoms with Crippen LogP contribution in [0, 0.1) is 13.8 Å². The lowest BCUT2D eigenvalue weighted by Gasteiger charge is -2.10. The zero-order chi connectivity index (χ0) is 17.7. The molecule has 124 valence electrons. The van der Waals surface area contributed by atoms with Crippen molar-refractivity contribution in [2.24, 2.45) is 0 Å². The van der Waals surface area contributed by atoms with Crippen LogP contribution in [-0.4, -0.2) is 11.9 Å². The summed E-state index contributed by atoms with van der Waals surface area (Å²) in [5, 5.41) is 2.90. The minimum atomic E-state index is -0.428. The Labute approximate surface area is 142 Å². The number of carbonyl (C=O) groups is 2. The van der Waals surface area contributed by atoms with E-state index in [1.165, 1.54) is 6.08 Å². The molecule has 0 aromatic heterocycles. The van der Waals surface area contributed by atoms with Gasteiger partial charge in [0, 0.05) is 17.3 Å². The molecule has 0 fully saturated rings. The van der Waals surface area contributed by atoms with Crippen LogP contribution in [0.15, 0.2) is 54.1 Å². The van der Waals surface area contributed by atoms with Gasteiger partial charge in [-0.05, 0) is 69.2 Å². The molecule has 0 unspecified atom stereocenters. The van der Waals surface area contributed by atoms with Crippen LogP contribution in [0.5, 0.6) is 5.75 Å². The molecular weight excluding hydrogens is 302 g/mol. The van der Waals surface area contributed by atoms with Gasteiger partial charge in [0.1, 0.15) is 5.75 Å². The average Bonchev–Trinajstić information content (AvgIpc) is 2.50. The van der Waals surface area contributed by atoms with Crippen molar-refractivity contribution in [1.29, 1.82) is 0 Å². The molecule has 0 bridgehead atoms. The summed E-state index contributed by atoms with van der Waals surface area (Å²) in [4.78, 5) is 23.9. The monoisotopic (exact) mass is 323 g/mol. The standard InChI is InChI=1S/C20H21NO3/c1-13(2)11-19(22)24-17-9-7-16(8-10-17)20(23)21-18-12-14(3)5-6-15(18)4/h5-12H,1-4H3,(H,21,23). The van der Waals surface area contributed by atoms with Gasteiger partial charge in [0.15, 0.2) is 0 Å². The maximum atomic E-state index is 12.3. The molecule has 2 rings (SSSR count). The van der Waals surface area contributed by atoms with Crippen molar-refractivity contribution in [2.45, 2.75) is 27.7 Å². The molecule has 2 aromatic rings. The van der Waals surface area contributed by atoms with Gasteiger partial charge in [0.2, 0.25) is 0 Å². The predicted molar refractivity (Wildman–Crippen MR) is 95.4 cm³/mol. The number of hydrogen-bond acceptors (Lipinski definition) is 3. The Hall–Kier alpha value is -2.88. The third-order valence-corrected chi connectivity index (χ3v) is 3.38. The van der Waals surface area contributed by atoms with E-state index in [-0.39, 0.29) is 5.91 Å². The number of ether oxygens (including phenoxy) is 1. The minimum absolute atomic E-state index is 0.203. The highest BCUT2D eigenvalue weighted by Gasteiger charge is 2.09. The van der Waals surface area contributed by atoms with E-state index in [2.05, 4.69) is 5.32 Å². The number of benzene rings is 2. The van der Waals surface area contributed by atoms with E-state index in [1.807, 2.05) is 45.9 Å². The van der Waals surface area contributed by atoms with Crippen molar-refractivity contribution in [1.82, 2.24) is 0 Å². The molecular formula is C20H21NO3. The molecule has 0 radical (unpaired) electrons. The number of carbonyl (C=O) groups excluding carboxylic acids is 2. The maximum absolute atomic E-state index is 12.3. The molecule has 0 aliphatic carbocycles. The lowest BCUT2D eigenvalue weighted by molar-refractivity contribution is -0.129. The van der Waals surface area contributed by atoms with Crippen molar-refractivity contribution < 1.29 is 14.3 Å². The van der Waals surface area contributed by atoms with Gasteiger partial charge in [-0.2, -0.15) is 0 Å². The van der Waals surface area contributed by atoms with E-state index in [9.17, 15) is 9.59 Å². The molecule has 0 saturated heterocycles. The summed E-state index contributed by atoms with van der Waals surface area (Å²) in [5.41, 5.74) is 4.24. The molecule has 4 nitrogen and oxygen atoms in total. The largest absolute Gasteiger partial charge is 0.423 e. The Kier molecular flexibility index (Phi) is 5.53. The number of allylic oxidation sites excluding steroid dienone is 1. The SMILES string of the molecule is CC(C)=CC(=O)Oc1ccc(C(=O)Nc2cc(C)ccc2C)cc1. The number of nitrogens with one attached hydrogen (secondary N) is 1. The number of amides is 1. The second-order valence-electron chi connectivity index (χ2n) is 5.94. The summed E-state index contributed by atoms with van der Waals surface area (Å²) in [6, 6.07) is 12.4. The first-order valence-electron chi connectivity index (χ1n) is 7.70. The van der Waals surface area contributed by atoms with Gasteiger partial charge >= 0.3 is 5.97 Å². The van der Waals surface area contributed by atoms with Crippen molar-refractivity contribution >= 4 is 17.6 Å². The van der Waals surface area contributed by atoms with Crippen LogP contribution in [0.1, 0.15) is 35.3 Å². The van der Waals surface area contributed by atoms with E-state index >= 15 is 0 Å². The molecule has 0 saturated carbocycles. The summed E-state index contributed by atoms with van der Waals surface area (Å²) >= 11 is 0. The van der Waals surface area contributed by atoms with Gasteiger partial charge < -0.3 is 10.1 Å². The summed E-state index contributed by atoms with van der Waals surface area (Å²) in [6.07, 6.45) is 1.42. The third kappa shape index (κ3) is 4.81. The molecule has 24 heavy (non-hydrogen) atoms. The lowest BCUT2D eigenvalue weighted by atomic mass is 10.1. The molecule has 4 heteroatoms. The highest BCUT2D eigenvalue weighted by Crippen LogP contribution is 2.18. The Morgan fingerprint density at radius 2 is 1.67 bits per heavy atom. The molecule has 2 aromatic carbocycles. The van der Waals surface area contributed by atoms with Gasteiger partial charge in [0.25, 0.3) is 5.91 Å². The fourth-order valence-electron chi connectivity index (χ4n) is 2.12. The quantitative estimate of drug-likeness (QED) is 0.514. The number of aryl methyl sites for hydroxylation is 2. The van der Waals surface area contributed by atoms with E-state index in [0.717, 1.165) is 22.4 Å². The number of hydrogen-bond donors (Lipinski definition) is 1. The fraction of sp³-hybridized carbons (Fsp3) is 0.200. The van der Waals surface area contributed by atoms with Crippen molar-refractivity contribution in [3.63, 3.8) is 0 Å². The topological polar surface area (TPSA) is 55.4 Å². The van der Waals surface area contributed by atoms with Crippen LogP contribution in [0.4, 0.5) is 5.69 Å². The highest BCUT2D eigenvalue weighted by molar-refractivity contribution is 6.04. The van der Waals surface area contributed by atoms with Gasteiger partial charge in [-0.3, -0.25) is 4.79 Å². The average molecular weight is 323 g/mol. The van der Waals surface area contributed by atoms with Crippen molar-refractivity contribution in [2.75, 3.05) is 5.32 Å². The summed E-state index contributed by atoms with van der Waals surface area (Å²) < 4.78 is 5.17. The van der Waals surface area contributed by atoms with Crippen LogP contribution in [0.3, 0.4) is 0 Å². The zero-order valence-electron chi connectivity index (χ0n) is 14.3. The Morgan fingerprint density at radius 1 is 1.00 bits per heavy atom. The number of rotatable bonds is 4. The predicted octanol–water partition coefficient (Wildman–Crippen LogP) is 4.43. The molecule has 0 heterocycles. The first-order valence-corrected chi connectivity index (χ1v) is 7.70. The van der Waals surface area contributed by atoms with Crippen LogP contribution in [0.25, 0.3) is 0 Å². The van der Waals surface area contributed by atoms with Crippen molar-refractivity contribution in [3.8, 4) is 5.75 Å². The van der Waals surface area contributed by atoms with Gasteiger partial charge in [-0.15, -0.1) is 0 Å². The van der Waals surface area contributed by atoms with Crippen LogP contribution >= 0.6 is 0 Å².